The molecule has 0 saturated carbocycles. The highest BCUT2D eigenvalue weighted by atomic mass is 19.1. The van der Waals surface area contributed by atoms with E-state index in [2.05, 4.69) is 24.3 Å². The summed E-state index contributed by atoms with van der Waals surface area (Å²) in [5.74, 6) is -0.300. The number of aliphatic hydroxyl groups is 1. The van der Waals surface area contributed by atoms with Gasteiger partial charge in [-0.1, -0.05) is 12.1 Å². The van der Waals surface area contributed by atoms with Gasteiger partial charge in [0.05, 0.1) is 12.3 Å². The molecule has 2 N–H and O–H groups in total. The van der Waals surface area contributed by atoms with Crippen molar-refractivity contribution in [2.45, 2.75) is 51.9 Å². The fourth-order valence-corrected chi connectivity index (χ4v) is 2.39. The first-order chi connectivity index (χ1) is 10.4. The van der Waals surface area contributed by atoms with Gasteiger partial charge in [0.25, 0.3) is 0 Å². The fourth-order valence-electron chi connectivity index (χ4n) is 2.39. The Morgan fingerprint density at radius 2 is 1.73 bits per heavy atom. The Morgan fingerprint density at radius 1 is 1.09 bits per heavy atom. The number of rotatable bonds is 6. The van der Waals surface area contributed by atoms with E-state index in [1.54, 1.807) is 12.1 Å². The monoisotopic (exact) mass is 305 g/mol. The van der Waals surface area contributed by atoms with Crippen LogP contribution in [-0.4, -0.2) is 20.9 Å². The van der Waals surface area contributed by atoms with Crippen LogP contribution in [0.1, 0.15) is 57.0 Å². The molecule has 3 unspecified atom stereocenters. The van der Waals surface area contributed by atoms with Gasteiger partial charge in [0.1, 0.15) is 5.82 Å². The van der Waals surface area contributed by atoms with Gasteiger partial charge >= 0.3 is 0 Å². The molecule has 0 aliphatic heterocycles. The number of aliphatic hydroxyl groups excluding tert-OH is 1. The first kappa shape index (κ1) is 16.6. The lowest BCUT2D eigenvalue weighted by atomic mass is 10.0. The summed E-state index contributed by atoms with van der Waals surface area (Å²) in [6.45, 7) is 8.11. The number of hydrogen-bond acceptors (Lipinski definition) is 3. The molecule has 0 spiro atoms. The molecule has 0 aliphatic carbocycles. The lowest BCUT2D eigenvalue weighted by Crippen LogP contribution is -2.34. The Hall–Kier alpha value is -1.72. The molecule has 1 heterocycles. The van der Waals surface area contributed by atoms with Gasteiger partial charge in [0.2, 0.25) is 0 Å². The van der Waals surface area contributed by atoms with Crippen LogP contribution in [0.2, 0.25) is 0 Å². The Balaban J connectivity index is 2.00. The van der Waals surface area contributed by atoms with Crippen LogP contribution < -0.4 is 5.32 Å². The summed E-state index contributed by atoms with van der Waals surface area (Å²) >= 11 is 0. The average Bonchev–Trinajstić information content (AvgIpc) is 2.97. The van der Waals surface area contributed by atoms with Gasteiger partial charge in [0, 0.05) is 29.9 Å². The van der Waals surface area contributed by atoms with Crippen molar-refractivity contribution in [3.63, 3.8) is 0 Å². The van der Waals surface area contributed by atoms with E-state index in [1.807, 2.05) is 30.9 Å². The zero-order valence-electron chi connectivity index (χ0n) is 13.5. The van der Waals surface area contributed by atoms with E-state index in [-0.39, 0.29) is 17.9 Å². The van der Waals surface area contributed by atoms with Gasteiger partial charge in [-0.2, -0.15) is 5.10 Å². The number of halogens is 1. The summed E-state index contributed by atoms with van der Waals surface area (Å²) in [7, 11) is 0. The molecule has 0 saturated heterocycles. The van der Waals surface area contributed by atoms with Crippen LogP contribution >= 0.6 is 0 Å². The summed E-state index contributed by atoms with van der Waals surface area (Å²) < 4.78 is 14.9. The van der Waals surface area contributed by atoms with Gasteiger partial charge in [-0.05, 0) is 45.4 Å². The van der Waals surface area contributed by atoms with Crippen LogP contribution in [0.15, 0.2) is 36.7 Å². The molecule has 22 heavy (non-hydrogen) atoms. The fraction of sp³-hybridized carbons (Fsp3) is 0.471. The Morgan fingerprint density at radius 3 is 2.27 bits per heavy atom. The smallest absolute Gasteiger partial charge is 0.123 e. The maximum Gasteiger partial charge on any atom is 0.123 e. The molecular formula is C17H24FN3O. The Kier molecular flexibility index (Phi) is 5.32. The van der Waals surface area contributed by atoms with Crippen molar-refractivity contribution in [3.8, 4) is 0 Å². The lowest BCUT2D eigenvalue weighted by Gasteiger charge is -2.24. The molecule has 0 fully saturated rings. The van der Waals surface area contributed by atoms with Crippen LogP contribution in [0.25, 0.3) is 0 Å². The van der Waals surface area contributed by atoms with Gasteiger partial charge in [-0.25, -0.2) is 4.39 Å². The number of aromatic nitrogens is 2. The molecule has 0 aliphatic rings. The molecule has 0 radical (unpaired) electrons. The van der Waals surface area contributed by atoms with Gasteiger partial charge in [-0.3, -0.25) is 4.68 Å². The van der Waals surface area contributed by atoms with Crippen LogP contribution in [0.5, 0.6) is 0 Å². The molecule has 3 atom stereocenters. The topological polar surface area (TPSA) is 50.1 Å². The first-order valence-corrected chi connectivity index (χ1v) is 7.62. The largest absolute Gasteiger partial charge is 0.387 e. The second kappa shape index (κ2) is 7.03. The molecule has 0 bridgehead atoms. The highest BCUT2D eigenvalue weighted by molar-refractivity contribution is 5.20. The van der Waals surface area contributed by atoms with Crippen LogP contribution in [-0.2, 0) is 0 Å². The third-order valence-corrected chi connectivity index (χ3v) is 3.85. The minimum atomic E-state index is -0.691. The normalized spacial score (nSPS) is 15.8. The summed E-state index contributed by atoms with van der Waals surface area (Å²) in [6, 6.07) is 6.17. The zero-order valence-corrected chi connectivity index (χ0v) is 13.5. The quantitative estimate of drug-likeness (QED) is 0.860. The third kappa shape index (κ3) is 3.93. The third-order valence-electron chi connectivity index (χ3n) is 3.85. The van der Waals surface area contributed by atoms with E-state index < -0.39 is 6.10 Å². The van der Waals surface area contributed by atoms with Crippen LogP contribution in [0.3, 0.4) is 0 Å². The van der Waals surface area contributed by atoms with E-state index in [1.165, 1.54) is 12.1 Å². The van der Waals surface area contributed by atoms with Crippen molar-refractivity contribution in [3.05, 3.63) is 53.6 Å². The molecular weight excluding hydrogens is 281 g/mol. The average molecular weight is 305 g/mol. The van der Waals surface area contributed by atoms with Crippen molar-refractivity contribution in [2.24, 2.45) is 0 Å². The van der Waals surface area contributed by atoms with Crippen molar-refractivity contribution in [1.29, 1.82) is 0 Å². The minimum absolute atomic E-state index is 0.0672. The van der Waals surface area contributed by atoms with Crippen LogP contribution in [0, 0.1) is 5.82 Å². The predicted molar refractivity (Wildman–Crippen MR) is 85.0 cm³/mol. The van der Waals surface area contributed by atoms with E-state index in [0.29, 0.717) is 11.6 Å². The molecule has 0 amide bonds. The van der Waals surface area contributed by atoms with Crippen molar-refractivity contribution < 1.29 is 9.50 Å². The van der Waals surface area contributed by atoms with Gasteiger partial charge in [0.15, 0.2) is 0 Å². The van der Waals surface area contributed by atoms with Gasteiger partial charge in [-0.15, -0.1) is 0 Å². The van der Waals surface area contributed by atoms with Crippen molar-refractivity contribution >= 4 is 0 Å². The van der Waals surface area contributed by atoms with E-state index in [4.69, 9.17) is 0 Å². The highest BCUT2D eigenvalue weighted by Gasteiger charge is 2.19. The predicted octanol–water partition coefficient (Wildman–Crippen LogP) is 3.38. The number of nitrogens with one attached hydrogen (secondary N) is 1. The van der Waals surface area contributed by atoms with E-state index in [9.17, 15) is 9.50 Å². The Labute approximate surface area is 131 Å². The maximum absolute atomic E-state index is 12.9. The van der Waals surface area contributed by atoms with Crippen LogP contribution in [0.4, 0.5) is 4.39 Å². The summed E-state index contributed by atoms with van der Waals surface area (Å²) in [6.07, 6.45) is 3.16. The lowest BCUT2D eigenvalue weighted by molar-refractivity contribution is 0.130. The highest BCUT2D eigenvalue weighted by Crippen LogP contribution is 2.21. The molecule has 120 valence electrons. The maximum atomic E-state index is 12.9. The number of nitrogens with zero attached hydrogens (tertiary/aromatic N) is 2. The molecule has 1 aromatic carbocycles. The summed E-state index contributed by atoms with van der Waals surface area (Å²) in [5.41, 5.74) is 1.78. The van der Waals surface area contributed by atoms with E-state index >= 15 is 0 Å². The molecule has 2 aromatic rings. The van der Waals surface area contributed by atoms with Crippen molar-refractivity contribution in [2.75, 3.05) is 0 Å². The zero-order chi connectivity index (χ0) is 16.3. The SMILES string of the molecule is CC(NC(C)C(O)c1ccc(F)cc1)c1cnn(C(C)C)c1. The first-order valence-electron chi connectivity index (χ1n) is 7.62. The molecule has 2 rings (SSSR count). The van der Waals surface area contributed by atoms with Gasteiger partial charge < -0.3 is 10.4 Å². The summed E-state index contributed by atoms with van der Waals surface area (Å²) in [4.78, 5) is 0. The second-order valence-electron chi connectivity index (χ2n) is 6.02. The molecule has 4 nitrogen and oxygen atoms in total. The standard InChI is InChI=1S/C17H24FN3O/c1-11(2)21-10-15(9-19-21)12(3)20-13(4)17(22)14-5-7-16(18)8-6-14/h5-13,17,20,22H,1-4H3. The van der Waals surface area contributed by atoms with E-state index in [0.717, 1.165) is 5.56 Å². The molecule has 1 aromatic heterocycles. The minimum Gasteiger partial charge on any atom is -0.387 e. The molecule has 5 heteroatoms. The Bertz CT molecular complexity index is 594. The van der Waals surface area contributed by atoms with Crippen molar-refractivity contribution in [1.82, 2.24) is 15.1 Å². The summed E-state index contributed by atoms with van der Waals surface area (Å²) in [5, 5.41) is 18.1. The number of benzene rings is 1. The second-order valence-corrected chi connectivity index (χ2v) is 6.02. The number of hydrogen-bond donors (Lipinski definition) is 2.